The van der Waals surface area contributed by atoms with Crippen molar-refractivity contribution in [3.63, 3.8) is 0 Å². The molecule has 0 aliphatic rings. The summed E-state index contributed by atoms with van der Waals surface area (Å²) < 4.78 is 24.1. The van der Waals surface area contributed by atoms with Crippen molar-refractivity contribution >= 4 is 39.3 Å². The molecule has 4 rings (SSSR count). The highest BCUT2D eigenvalue weighted by Gasteiger charge is 2.15. The molecule has 0 bridgehead atoms. The van der Waals surface area contributed by atoms with Gasteiger partial charge in [0.25, 0.3) is 5.91 Å². The molecule has 0 spiro atoms. The van der Waals surface area contributed by atoms with Gasteiger partial charge in [-0.1, -0.05) is 42.5 Å². The number of nitrogens with one attached hydrogen (secondary N) is 1. The van der Waals surface area contributed by atoms with E-state index in [1.165, 1.54) is 24.5 Å². The van der Waals surface area contributed by atoms with Gasteiger partial charge < -0.3 is 14.5 Å². The summed E-state index contributed by atoms with van der Waals surface area (Å²) in [5, 5.41) is 5.24. The van der Waals surface area contributed by atoms with Crippen molar-refractivity contribution in [2.75, 3.05) is 11.9 Å². The molecule has 3 aromatic carbocycles. The second-order valence-electron chi connectivity index (χ2n) is 6.29. The molecule has 0 saturated carbocycles. The molecule has 0 atom stereocenters. The zero-order valence-electron chi connectivity index (χ0n) is 14.8. The molecular weight excluding hydrogens is 361 g/mol. The van der Waals surface area contributed by atoms with Gasteiger partial charge in [0.1, 0.15) is 11.4 Å². The number of benzene rings is 3. The molecule has 4 aromatic rings. The van der Waals surface area contributed by atoms with Gasteiger partial charge in [-0.3, -0.25) is 9.59 Å². The molecule has 1 N–H and O–H groups in total. The van der Waals surface area contributed by atoms with Crippen LogP contribution in [0.25, 0.3) is 21.7 Å². The van der Waals surface area contributed by atoms with Crippen LogP contribution in [0.3, 0.4) is 0 Å². The van der Waals surface area contributed by atoms with Crippen LogP contribution < -0.4 is 5.32 Å². The average Bonchev–Trinajstić information content (AvgIpc) is 3.11. The molecule has 1 aromatic heterocycles. The Bertz CT molecular complexity index is 1180. The number of esters is 1. The molecule has 0 aliphatic heterocycles. The maximum absolute atomic E-state index is 13.5. The summed E-state index contributed by atoms with van der Waals surface area (Å²) >= 11 is 0. The first-order chi connectivity index (χ1) is 13.6. The Balaban J connectivity index is 1.44. The molecule has 0 aliphatic carbocycles. The molecule has 1 amide bonds. The van der Waals surface area contributed by atoms with Crippen molar-refractivity contribution in [2.24, 2.45) is 0 Å². The van der Waals surface area contributed by atoms with Gasteiger partial charge in [-0.15, -0.1) is 0 Å². The molecule has 6 heteroatoms. The van der Waals surface area contributed by atoms with Crippen LogP contribution in [0.15, 0.2) is 71.3 Å². The van der Waals surface area contributed by atoms with E-state index in [0.717, 1.165) is 16.2 Å². The number of carbonyl (C=O) groups is 2. The van der Waals surface area contributed by atoms with E-state index in [4.69, 9.17) is 9.15 Å². The maximum atomic E-state index is 13.5. The maximum Gasteiger partial charge on any atom is 0.310 e. The lowest BCUT2D eigenvalue weighted by atomic mass is 10.0. The first-order valence-electron chi connectivity index (χ1n) is 8.69. The van der Waals surface area contributed by atoms with Gasteiger partial charge in [0, 0.05) is 10.9 Å². The Morgan fingerprint density at radius 1 is 1.00 bits per heavy atom. The van der Waals surface area contributed by atoms with E-state index >= 15 is 0 Å². The second-order valence-corrected chi connectivity index (χ2v) is 6.29. The largest absolute Gasteiger partial charge is 0.464 e. The lowest BCUT2D eigenvalue weighted by Gasteiger charge is -2.07. The van der Waals surface area contributed by atoms with Crippen LogP contribution in [0, 0.1) is 5.82 Å². The van der Waals surface area contributed by atoms with E-state index in [2.05, 4.69) is 5.32 Å². The fraction of sp³-hybridized carbons (Fsp3) is 0.0909. The predicted molar refractivity (Wildman–Crippen MR) is 103 cm³/mol. The van der Waals surface area contributed by atoms with Crippen LogP contribution in [-0.4, -0.2) is 18.5 Å². The number of anilines is 1. The van der Waals surface area contributed by atoms with Gasteiger partial charge in [-0.2, -0.15) is 0 Å². The van der Waals surface area contributed by atoms with E-state index in [0.29, 0.717) is 11.1 Å². The quantitative estimate of drug-likeness (QED) is 0.522. The number of hydrogen-bond donors (Lipinski definition) is 1. The number of fused-ring (bicyclic) bond motifs is 3. The molecule has 140 valence electrons. The van der Waals surface area contributed by atoms with Crippen molar-refractivity contribution in [1.82, 2.24) is 0 Å². The van der Waals surface area contributed by atoms with Gasteiger partial charge in [-0.05, 0) is 29.0 Å². The van der Waals surface area contributed by atoms with Crippen LogP contribution in [-0.2, 0) is 20.7 Å². The van der Waals surface area contributed by atoms with Gasteiger partial charge in [-0.25, -0.2) is 4.39 Å². The fourth-order valence-corrected chi connectivity index (χ4v) is 3.11. The number of amides is 1. The number of furan rings is 1. The van der Waals surface area contributed by atoms with E-state index in [1.54, 1.807) is 6.07 Å². The van der Waals surface area contributed by atoms with E-state index in [1.807, 2.05) is 36.4 Å². The standard InChI is InChI=1S/C22H16FNO4/c23-17-7-3-4-8-18(17)24-20(25)13-28-21(26)11-15-12-27-19-10-9-14-5-1-2-6-16(14)22(15)19/h1-10,12H,11,13H2,(H,24,25). The summed E-state index contributed by atoms with van der Waals surface area (Å²) in [7, 11) is 0. The Hall–Kier alpha value is -3.67. The summed E-state index contributed by atoms with van der Waals surface area (Å²) in [5.41, 5.74) is 1.40. The van der Waals surface area contributed by atoms with Crippen molar-refractivity contribution in [1.29, 1.82) is 0 Å². The lowest BCUT2D eigenvalue weighted by Crippen LogP contribution is -2.22. The SMILES string of the molecule is O=C(COC(=O)Cc1coc2ccc3ccccc3c12)Nc1ccccc1F. The van der Waals surface area contributed by atoms with Crippen molar-refractivity contribution in [3.8, 4) is 0 Å². The highest BCUT2D eigenvalue weighted by molar-refractivity contribution is 6.08. The lowest BCUT2D eigenvalue weighted by molar-refractivity contribution is -0.146. The third-order valence-electron chi connectivity index (χ3n) is 4.39. The van der Waals surface area contributed by atoms with Crippen LogP contribution in [0.1, 0.15) is 5.56 Å². The summed E-state index contributed by atoms with van der Waals surface area (Å²) in [5.74, 6) is -1.74. The van der Waals surface area contributed by atoms with Gasteiger partial charge in [0.15, 0.2) is 6.61 Å². The number of hydrogen-bond acceptors (Lipinski definition) is 4. The first kappa shape index (κ1) is 17.7. The minimum absolute atomic E-state index is 0.0337. The molecular formula is C22H16FNO4. The van der Waals surface area contributed by atoms with E-state index in [9.17, 15) is 14.0 Å². The molecule has 0 unspecified atom stereocenters. The fourth-order valence-electron chi connectivity index (χ4n) is 3.11. The predicted octanol–water partition coefficient (Wildman–Crippen LogP) is 4.45. The monoisotopic (exact) mass is 377 g/mol. The van der Waals surface area contributed by atoms with Crippen LogP contribution in [0.4, 0.5) is 10.1 Å². The Morgan fingerprint density at radius 2 is 1.79 bits per heavy atom. The zero-order chi connectivity index (χ0) is 19.5. The third-order valence-corrected chi connectivity index (χ3v) is 4.39. The Labute approximate surface area is 159 Å². The minimum atomic E-state index is -0.610. The van der Waals surface area contributed by atoms with E-state index < -0.39 is 24.3 Å². The van der Waals surface area contributed by atoms with Crippen molar-refractivity contribution in [3.05, 3.63) is 78.3 Å². The number of para-hydroxylation sites is 1. The molecule has 0 fully saturated rings. The summed E-state index contributed by atoms with van der Waals surface area (Å²) in [6, 6.07) is 17.4. The molecule has 0 radical (unpaired) electrons. The van der Waals surface area contributed by atoms with Crippen LogP contribution >= 0.6 is 0 Å². The normalized spacial score (nSPS) is 10.9. The van der Waals surface area contributed by atoms with E-state index in [-0.39, 0.29) is 12.1 Å². The Kier molecular flexibility index (Phi) is 4.76. The smallest absolute Gasteiger partial charge is 0.310 e. The van der Waals surface area contributed by atoms with Gasteiger partial charge in [0.2, 0.25) is 0 Å². The third kappa shape index (κ3) is 3.57. The van der Waals surface area contributed by atoms with Crippen LogP contribution in [0.2, 0.25) is 0 Å². The second kappa shape index (κ2) is 7.52. The van der Waals surface area contributed by atoms with Gasteiger partial charge >= 0.3 is 5.97 Å². The number of ether oxygens (including phenoxy) is 1. The van der Waals surface area contributed by atoms with Crippen molar-refractivity contribution < 1.29 is 23.1 Å². The summed E-state index contributed by atoms with van der Waals surface area (Å²) in [4.78, 5) is 24.1. The minimum Gasteiger partial charge on any atom is -0.464 e. The van der Waals surface area contributed by atoms with Crippen LogP contribution in [0.5, 0.6) is 0 Å². The molecule has 1 heterocycles. The summed E-state index contributed by atoms with van der Waals surface area (Å²) in [6.07, 6.45) is 1.49. The highest BCUT2D eigenvalue weighted by atomic mass is 19.1. The first-order valence-corrected chi connectivity index (χ1v) is 8.69. The number of carbonyl (C=O) groups excluding carboxylic acids is 2. The zero-order valence-corrected chi connectivity index (χ0v) is 14.8. The molecule has 0 saturated heterocycles. The average molecular weight is 377 g/mol. The summed E-state index contributed by atoms with van der Waals surface area (Å²) in [6.45, 7) is -0.496. The van der Waals surface area contributed by atoms with Crippen molar-refractivity contribution in [2.45, 2.75) is 6.42 Å². The molecule has 28 heavy (non-hydrogen) atoms. The van der Waals surface area contributed by atoms with Gasteiger partial charge in [0.05, 0.1) is 18.4 Å². The number of halogens is 1. The highest BCUT2D eigenvalue weighted by Crippen LogP contribution is 2.30. The number of rotatable bonds is 5. The molecule has 5 nitrogen and oxygen atoms in total. The topological polar surface area (TPSA) is 68.5 Å². The Morgan fingerprint density at radius 3 is 2.64 bits per heavy atom.